The maximum atomic E-state index is 11.9. The minimum Gasteiger partial charge on any atom is -0.258 e. The molecule has 1 aromatic carbocycles. The number of non-ortho nitro benzene ring substituents is 1. The Morgan fingerprint density at radius 2 is 2.06 bits per heavy atom. The van der Waals surface area contributed by atoms with Gasteiger partial charge in [-0.3, -0.25) is 10.1 Å². The minimum absolute atomic E-state index is 0.0109. The first kappa shape index (κ1) is 13.9. The van der Waals surface area contributed by atoms with Gasteiger partial charge in [-0.1, -0.05) is 6.07 Å². The number of halogens is 1. The third-order valence-corrected chi connectivity index (χ3v) is 4.47. The maximum Gasteiger partial charge on any atom is 0.270 e. The second-order valence-corrected chi connectivity index (χ2v) is 6.02. The Labute approximate surface area is 104 Å². The Hall–Kier alpha value is -1.14. The summed E-state index contributed by atoms with van der Waals surface area (Å²) in [6.45, 7) is 1.61. The van der Waals surface area contributed by atoms with Gasteiger partial charge in [-0.2, -0.15) is 0 Å². The smallest absolute Gasteiger partial charge is 0.258 e. The summed E-state index contributed by atoms with van der Waals surface area (Å²) < 4.78 is 23.8. The van der Waals surface area contributed by atoms with Gasteiger partial charge in [0.2, 0.25) is 0 Å². The molecule has 0 aromatic heterocycles. The van der Waals surface area contributed by atoms with Crippen molar-refractivity contribution >= 4 is 27.1 Å². The van der Waals surface area contributed by atoms with Gasteiger partial charge in [0.05, 0.1) is 15.6 Å². The van der Waals surface area contributed by atoms with E-state index in [-0.39, 0.29) is 22.2 Å². The summed E-state index contributed by atoms with van der Waals surface area (Å²) in [5.74, 6) is 0.145. The minimum atomic E-state index is -3.50. The van der Waals surface area contributed by atoms with Crippen LogP contribution in [0.3, 0.4) is 0 Å². The van der Waals surface area contributed by atoms with E-state index >= 15 is 0 Å². The maximum absolute atomic E-state index is 11.9. The third-order valence-electron chi connectivity index (χ3n) is 2.26. The van der Waals surface area contributed by atoms with Crippen molar-refractivity contribution in [3.63, 3.8) is 0 Å². The number of benzene rings is 1. The number of nitrogens with zero attached hydrogens (tertiary/aromatic N) is 1. The molecule has 94 valence electrons. The van der Waals surface area contributed by atoms with Gasteiger partial charge < -0.3 is 0 Å². The van der Waals surface area contributed by atoms with E-state index < -0.39 is 14.8 Å². The van der Waals surface area contributed by atoms with E-state index in [2.05, 4.69) is 0 Å². The summed E-state index contributed by atoms with van der Waals surface area (Å²) in [4.78, 5) is 9.99. The number of alkyl halides is 1. The predicted octanol–water partition coefficient (Wildman–Crippen LogP) is 2.31. The van der Waals surface area contributed by atoms with Crippen LogP contribution in [-0.4, -0.2) is 25.0 Å². The molecular formula is C10H12ClNO4S. The van der Waals surface area contributed by atoms with Crippen LogP contribution in [-0.2, 0) is 9.84 Å². The molecule has 0 heterocycles. The Bertz CT molecular complexity index is 527. The molecule has 1 aromatic rings. The molecule has 0 aliphatic carbocycles. The fourth-order valence-corrected chi connectivity index (χ4v) is 3.29. The molecular weight excluding hydrogens is 266 g/mol. The van der Waals surface area contributed by atoms with Crippen molar-refractivity contribution in [2.75, 3.05) is 11.6 Å². The Balaban J connectivity index is 3.20. The lowest BCUT2D eigenvalue weighted by Crippen LogP contribution is -2.09. The summed E-state index contributed by atoms with van der Waals surface area (Å²) in [5.41, 5.74) is 0.283. The van der Waals surface area contributed by atoms with E-state index in [9.17, 15) is 18.5 Å². The van der Waals surface area contributed by atoms with Crippen molar-refractivity contribution in [3.05, 3.63) is 33.9 Å². The van der Waals surface area contributed by atoms with E-state index in [1.165, 1.54) is 12.1 Å². The molecule has 0 aliphatic heterocycles. The summed E-state index contributed by atoms with van der Waals surface area (Å²) >= 11 is 5.44. The van der Waals surface area contributed by atoms with E-state index in [4.69, 9.17) is 11.6 Å². The van der Waals surface area contributed by atoms with Gasteiger partial charge in [0.15, 0.2) is 9.84 Å². The van der Waals surface area contributed by atoms with Gasteiger partial charge >= 0.3 is 0 Å². The summed E-state index contributed by atoms with van der Waals surface area (Å²) in [6.07, 6.45) is 0.325. The Kier molecular flexibility index (Phi) is 4.47. The van der Waals surface area contributed by atoms with Crippen molar-refractivity contribution in [3.8, 4) is 0 Å². The highest BCUT2D eigenvalue weighted by Gasteiger charge is 2.19. The summed E-state index contributed by atoms with van der Waals surface area (Å²) in [5, 5.41) is 10.6. The van der Waals surface area contributed by atoms with Crippen LogP contribution in [0.25, 0.3) is 0 Å². The molecule has 0 amide bonds. The first-order chi connectivity index (χ1) is 7.88. The normalized spacial score (nSPS) is 11.4. The molecule has 0 radical (unpaired) electrons. The van der Waals surface area contributed by atoms with Crippen molar-refractivity contribution in [1.29, 1.82) is 0 Å². The van der Waals surface area contributed by atoms with Gasteiger partial charge in [-0.25, -0.2) is 8.42 Å². The third kappa shape index (κ3) is 3.41. The van der Waals surface area contributed by atoms with Gasteiger partial charge in [-0.15, -0.1) is 11.6 Å². The Morgan fingerprint density at radius 3 is 2.59 bits per heavy atom. The Morgan fingerprint density at radius 1 is 1.41 bits per heavy atom. The van der Waals surface area contributed by atoms with E-state index in [1.54, 1.807) is 6.92 Å². The highest BCUT2D eigenvalue weighted by molar-refractivity contribution is 7.91. The lowest BCUT2D eigenvalue weighted by Gasteiger charge is -2.06. The molecule has 7 heteroatoms. The quantitative estimate of drug-likeness (QED) is 0.470. The molecule has 1 rings (SSSR count). The summed E-state index contributed by atoms with van der Waals surface area (Å²) in [7, 11) is -3.50. The van der Waals surface area contributed by atoms with Crippen molar-refractivity contribution in [1.82, 2.24) is 0 Å². The standard InChI is InChI=1S/C10H12ClNO4S/c1-8-3-4-9(12(13)14)7-10(8)17(15,16)6-2-5-11/h3-4,7H,2,5-6H2,1H3. The van der Waals surface area contributed by atoms with Crippen LogP contribution in [0.5, 0.6) is 0 Å². The number of sulfone groups is 1. The van der Waals surface area contributed by atoms with Crippen LogP contribution in [0.4, 0.5) is 5.69 Å². The molecule has 0 saturated carbocycles. The molecule has 0 atom stereocenters. The van der Waals surface area contributed by atoms with Crippen LogP contribution in [0.15, 0.2) is 23.1 Å². The number of nitro benzene ring substituents is 1. The number of aryl methyl sites for hydroxylation is 1. The lowest BCUT2D eigenvalue weighted by molar-refractivity contribution is -0.385. The van der Waals surface area contributed by atoms with Gasteiger partial charge in [0, 0.05) is 18.0 Å². The molecule has 0 N–H and O–H groups in total. The average molecular weight is 278 g/mol. The average Bonchev–Trinajstić information content (AvgIpc) is 2.26. The SMILES string of the molecule is Cc1ccc([N+](=O)[O-])cc1S(=O)(=O)CCCCl. The van der Waals surface area contributed by atoms with Crippen molar-refractivity contribution < 1.29 is 13.3 Å². The van der Waals surface area contributed by atoms with Crippen molar-refractivity contribution in [2.24, 2.45) is 0 Å². The zero-order chi connectivity index (χ0) is 13.1. The fourth-order valence-electron chi connectivity index (χ4n) is 1.39. The molecule has 0 aliphatic rings. The number of nitro groups is 1. The second kappa shape index (κ2) is 5.46. The summed E-state index contributed by atoms with van der Waals surface area (Å²) in [6, 6.07) is 3.82. The van der Waals surface area contributed by atoms with Gasteiger partial charge in [0.1, 0.15) is 0 Å². The molecule has 0 spiro atoms. The van der Waals surface area contributed by atoms with Crippen LogP contribution >= 0.6 is 11.6 Å². The zero-order valence-electron chi connectivity index (χ0n) is 9.22. The van der Waals surface area contributed by atoms with E-state index in [0.717, 1.165) is 6.07 Å². The molecule has 0 fully saturated rings. The molecule has 17 heavy (non-hydrogen) atoms. The topological polar surface area (TPSA) is 77.3 Å². The van der Waals surface area contributed by atoms with Crippen molar-refractivity contribution in [2.45, 2.75) is 18.2 Å². The van der Waals surface area contributed by atoms with Gasteiger partial charge in [-0.05, 0) is 18.9 Å². The lowest BCUT2D eigenvalue weighted by atomic mass is 10.2. The van der Waals surface area contributed by atoms with E-state index in [1.807, 2.05) is 0 Å². The van der Waals surface area contributed by atoms with Crippen LogP contribution in [0, 0.1) is 17.0 Å². The van der Waals surface area contributed by atoms with Gasteiger partial charge in [0.25, 0.3) is 5.69 Å². The second-order valence-electron chi connectivity index (χ2n) is 3.57. The molecule has 5 nitrogen and oxygen atoms in total. The zero-order valence-corrected chi connectivity index (χ0v) is 10.8. The van der Waals surface area contributed by atoms with Crippen LogP contribution in [0.1, 0.15) is 12.0 Å². The van der Waals surface area contributed by atoms with Crippen LogP contribution < -0.4 is 0 Å². The predicted molar refractivity (Wildman–Crippen MR) is 65.2 cm³/mol. The highest BCUT2D eigenvalue weighted by Crippen LogP contribution is 2.23. The first-order valence-electron chi connectivity index (χ1n) is 4.92. The molecule has 0 saturated heterocycles. The van der Waals surface area contributed by atoms with Crippen LogP contribution in [0.2, 0.25) is 0 Å². The first-order valence-corrected chi connectivity index (χ1v) is 7.11. The highest BCUT2D eigenvalue weighted by atomic mass is 35.5. The fraction of sp³-hybridized carbons (Fsp3) is 0.400. The largest absolute Gasteiger partial charge is 0.270 e. The van der Waals surface area contributed by atoms with E-state index in [0.29, 0.717) is 12.0 Å². The molecule has 0 bridgehead atoms. The molecule has 0 unspecified atom stereocenters. The monoisotopic (exact) mass is 277 g/mol. The number of hydrogen-bond donors (Lipinski definition) is 0. The number of hydrogen-bond acceptors (Lipinski definition) is 4. The number of rotatable bonds is 5.